The standard InChI is InChI=1S/C19H17NO3/c1-13-6-8-15(9-7-13)18-11-17(20-23-18)12-22-19(21)16-5-3-4-14(2)10-16/h3-11H,12H2,1-2H3. The molecule has 0 amide bonds. The number of aryl methyl sites for hydroxylation is 2. The first-order chi connectivity index (χ1) is 11.1. The highest BCUT2D eigenvalue weighted by Crippen LogP contribution is 2.21. The lowest BCUT2D eigenvalue weighted by molar-refractivity contribution is 0.0464. The number of carbonyl (C=O) groups excluding carboxylic acids is 1. The minimum atomic E-state index is -0.367. The van der Waals surface area contributed by atoms with Gasteiger partial charge in [-0.15, -0.1) is 0 Å². The molecule has 0 atom stereocenters. The Labute approximate surface area is 134 Å². The third-order valence-corrected chi connectivity index (χ3v) is 3.50. The van der Waals surface area contributed by atoms with Gasteiger partial charge in [0, 0.05) is 11.6 Å². The predicted octanol–water partition coefficient (Wildman–Crippen LogP) is 4.32. The number of carbonyl (C=O) groups is 1. The lowest BCUT2D eigenvalue weighted by atomic mass is 10.1. The fourth-order valence-corrected chi connectivity index (χ4v) is 2.23. The van der Waals surface area contributed by atoms with Crippen LogP contribution in [0.4, 0.5) is 0 Å². The maximum atomic E-state index is 12.0. The van der Waals surface area contributed by atoms with Crippen molar-refractivity contribution in [2.45, 2.75) is 20.5 Å². The molecule has 0 aliphatic heterocycles. The van der Waals surface area contributed by atoms with Gasteiger partial charge in [-0.3, -0.25) is 0 Å². The predicted molar refractivity (Wildman–Crippen MR) is 87.0 cm³/mol. The molecule has 0 aliphatic rings. The molecule has 2 aromatic carbocycles. The second-order valence-electron chi connectivity index (χ2n) is 5.49. The first kappa shape index (κ1) is 15.0. The molecule has 0 saturated carbocycles. The molecular formula is C19H17NO3. The summed E-state index contributed by atoms with van der Waals surface area (Å²) in [7, 11) is 0. The normalized spacial score (nSPS) is 10.5. The van der Waals surface area contributed by atoms with E-state index in [4.69, 9.17) is 9.26 Å². The fraction of sp³-hybridized carbons (Fsp3) is 0.158. The van der Waals surface area contributed by atoms with E-state index in [1.807, 2.05) is 50.2 Å². The van der Waals surface area contributed by atoms with Gasteiger partial charge in [0.15, 0.2) is 5.76 Å². The molecule has 3 aromatic rings. The van der Waals surface area contributed by atoms with Crippen LogP contribution in [-0.4, -0.2) is 11.1 Å². The molecule has 0 radical (unpaired) electrons. The third kappa shape index (κ3) is 3.66. The van der Waals surface area contributed by atoms with E-state index in [0.717, 1.165) is 11.1 Å². The average molecular weight is 307 g/mol. The largest absolute Gasteiger partial charge is 0.455 e. The van der Waals surface area contributed by atoms with Crippen LogP contribution in [0.25, 0.3) is 11.3 Å². The Morgan fingerprint density at radius 1 is 1.04 bits per heavy atom. The summed E-state index contributed by atoms with van der Waals surface area (Å²) in [6.45, 7) is 4.05. The Bertz CT molecular complexity index is 819. The van der Waals surface area contributed by atoms with E-state index in [9.17, 15) is 4.79 Å². The number of aromatic nitrogens is 1. The van der Waals surface area contributed by atoms with Crippen LogP contribution in [0.5, 0.6) is 0 Å². The van der Waals surface area contributed by atoms with Crippen molar-refractivity contribution in [2.24, 2.45) is 0 Å². The molecule has 0 saturated heterocycles. The Hall–Kier alpha value is -2.88. The molecule has 4 heteroatoms. The summed E-state index contributed by atoms with van der Waals surface area (Å²) in [5.74, 6) is 0.292. The molecule has 0 N–H and O–H groups in total. The van der Waals surface area contributed by atoms with Gasteiger partial charge in [-0.2, -0.15) is 0 Å². The number of benzene rings is 2. The molecule has 0 aliphatic carbocycles. The van der Waals surface area contributed by atoms with Crippen molar-refractivity contribution in [3.8, 4) is 11.3 Å². The van der Waals surface area contributed by atoms with E-state index in [-0.39, 0.29) is 12.6 Å². The van der Waals surface area contributed by atoms with Gasteiger partial charge < -0.3 is 9.26 Å². The summed E-state index contributed by atoms with van der Waals surface area (Å²) in [4.78, 5) is 12.0. The first-order valence-corrected chi connectivity index (χ1v) is 7.38. The fourth-order valence-electron chi connectivity index (χ4n) is 2.23. The van der Waals surface area contributed by atoms with Gasteiger partial charge in [0.1, 0.15) is 12.3 Å². The topological polar surface area (TPSA) is 52.3 Å². The van der Waals surface area contributed by atoms with Gasteiger partial charge >= 0.3 is 5.97 Å². The Kier molecular flexibility index (Phi) is 4.24. The third-order valence-electron chi connectivity index (χ3n) is 3.50. The number of hydrogen-bond acceptors (Lipinski definition) is 4. The van der Waals surface area contributed by atoms with Gasteiger partial charge in [-0.25, -0.2) is 4.79 Å². The molecule has 1 aromatic heterocycles. The summed E-state index contributed by atoms with van der Waals surface area (Å²) >= 11 is 0. The van der Waals surface area contributed by atoms with Crippen molar-refractivity contribution in [3.05, 3.63) is 77.0 Å². The minimum absolute atomic E-state index is 0.0855. The maximum Gasteiger partial charge on any atom is 0.338 e. The Morgan fingerprint density at radius 2 is 1.83 bits per heavy atom. The molecule has 0 bridgehead atoms. The number of esters is 1. The van der Waals surface area contributed by atoms with E-state index in [0.29, 0.717) is 17.0 Å². The van der Waals surface area contributed by atoms with Crippen LogP contribution in [0.2, 0.25) is 0 Å². The number of nitrogens with zero attached hydrogens (tertiary/aromatic N) is 1. The Balaban J connectivity index is 1.65. The van der Waals surface area contributed by atoms with Crippen LogP contribution in [0, 0.1) is 13.8 Å². The van der Waals surface area contributed by atoms with Crippen LogP contribution < -0.4 is 0 Å². The number of rotatable bonds is 4. The van der Waals surface area contributed by atoms with E-state index in [2.05, 4.69) is 5.16 Å². The SMILES string of the molecule is Cc1ccc(-c2cc(COC(=O)c3cccc(C)c3)no2)cc1. The second-order valence-corrected chi connectivity index (χ2v) is 5.49. The molecule has 0 unspecified atom stereocenters. The summed E-state index contributed by atoms with van der Waals surface area (Å²) < 4.78 is 10.6. The molecular weight excluding hydrogens is 290 g/mol. The summed E-state index contributed by atoms with van der Waals surface area (Å²) in [5.41, 5.74) is 4.26. The van der Waals surface area contributed by atoms with Crippen molar-refractivity contribution < 1.29 is 14.1 Å². The van der Waals surface area contributed by atoms with Gasteiger partial charge in [0.2, 0.25) is 0 Å². The van der Waals surface area contributed by atoms with Crippen molar-refractivity contribution >= 4 is 5.97 Å². The number of ether oxygens (including phenoxy) is 1. The molecule has 3 rings (SSSR count). The Morgan fingerprint density at radius 3 is 2.57 bits per heavy atom. The maximum absolute atomic E-state index is 12.0. The summed E-state index contributed by atoms with van der Waals surface area (Å²) in [6.07, 6.45) is 0. The van der Waals surface area contributed by atoms with Crippen LogP contribution >= 0.6 is 0 Å². The van der Waals surface area contributed by atoms with E-state index < -0.39 is 0 Å². The average Bonchev–Trinajstić information content (AvgIpc) is 3.02. The first-order valence-electron chi connectivity index (χ1n) is 7.38. The minimum Gasteiger partial charge on any atom is -0.455 e. The zero-order valence-corrected chi connectivity index (χ0v) is 13.1. The zero-order valence-electron chi connectivity index (χ0n) is 13.1. The molecule has 0 fully saturated rings. The highest BCUT2D eigenvalue weighted by Gasteiger charge is 2.11. The van der Waals surface area contributed by atoms with Crippen molar-refractivity contribution in [1.29, 1.82) is 0 Å². The number of hydrogen-bond donors (Lipinski definition) is 0. The van der Waals surface area contributed by atoms with E-state index >= 15 is 0 Å². The lowest BCUT2D eigenvalue weighted by Gasteiger charge is -2.03. The van der Waals surface area contributed by atoms with Crippen LogP contribution in [0.15, 0.2) is 59.1 Å². The molecule has 0 spiro atoms. The molecule has 23 heavy (non-hydrogen) atoms. The van der Waals surface area contributed by atoms with E-state index in [1.54, 1.807) is 18.2 Å². The summed E-state index contributed by atoms with van der Waals surface area (Å²) in [5, 5.41) is 3.95. The molecule has 116 valence electrons. The second kappa shape index (κ2) is 6.48. The van der Waals surface area contributed by atoms with Gasteiger partial charge in [0.05, 0.1) is 5.56 Å². The quantitative estimate of drug-likeness (QED) is 0.674. The van der Waals surface area contributed by atoms with Crippen molar-refractivity contribution in [2.75, 3.05) is 0 Å². The van der Waals surface area contributed by atoms with Crippen molar-refractivity contribution in [3.63, 3.8) is 0 Å². The monoisotopic (exact) mass is 307 g/mol. The van der Waals surface area contributed by atoms with Crippen molar-refractivity contribution in [1.82, 2.24) is 5.16 Å². The lowest BCUT2D eigenvalue weighted by Crippen LogP contribution is -2.05. The van der Waals surface area contributed by atoms with Gasteiger partial charge in [-0.1, -0.05) is 52.7 Å². The highest BCUT2D eigenvalue weighted by atomic mass is 16.5. The van der Waals surface area contributed by atoms with Crippen LogP contribution in [0.3, 0.4) is 0 Å². The molecule has 1 heterocycles. The van der Waals surface area contributed by atoms with Crippen LogP contribution in [-0.2, 0) is 11.3 Å². The van der Waals surface area contributed by atoms with Gasteiger partial charge in [0.25, 0.3) is 0 Å². The van der Waals surface area contributed by atoms with Gasteiger partial charge in [-0.05, 0) is 26.0 Å². The smallest absolute Gasteiger partial charge is 0.338 e. The molecule has 4 nitrogen and oxygen atoms in total. The summed E-state index contributed by atoms with van der Waals surface area (Å²) in [6, 6.07) is 17.0. The van der Waals surface area contributed by atoms with Crippen LogP contribution in [0.1, 0.15) is 27.2 Å². The highest BCUT2D eigenvalue weighted by molar-refractivity contribution is 5.89. The zero-order chi connectivity index (χ0) is 16.2. The van der Waals surface area contributed by atoms with E-state index in [1.165, 1.54) is 5.56 Å².